The molecule has 1 aliphatic carbocycles. The second kappa shape index (κ2) is 5.63. The van der Waals surface area contributed by atoms with Gasteiger partial charge in [0.2, 0.25) is 0 Å². The van der Waals surface area contributed by atoms with Crippen molar-refractivity contribution in [3.8, 4) is 5.75 Å². The van der Waals surface area contributed by atoms with Crippen LogP contribution < -0.4 is 10.1 Å². The summed E-state index contributed by atoms with van der Waals surface area (Å²) in [5.74, 6) is -0.463. The summed E-state index contributed by atoms with van der Waals surface area (Å²) < 4.78 is 5.19. The van der Waals surface area contributed by atoms with E-state index >= 15 is 0 Å². The summed E-state index contributed by atoms with van der Waals surface area (Å²) >= 11 is 0. The normalized spacial score (nSPS) is 13.9. The molecular formula is C16H16N2O4. The number of aliphatic carboxylic acids is 1. The maximum absolute atomic E-state index is 12.3. The zero-order valence-corrected chi connectivity index (χ0v) is 12.1. The number of carbonyl (C=O) groups excluding carboxylic acids is 1. The van der Waals surface area contributed by atoms with E-state index in [1.807, 2.05) is 6.07 Å². The van der Waals surface area contributed by atoms with E-state index in [2.05, 4.69) is 10.3 Å². The Balaban J connectivity index is 2.07. The lowest BCUT2D eigenvalue weighted by atomic mass is 10.0. The Morgan fingerprint density at radius 1 is 1.36 bits per heavy atom. The number of hydrogen-bond acceptors (Lipinski definition) is 4. The van der Waals surface area contributed by atoms with E-state index in [0.717, 1.165) is 18.5 Å². The number of nitrogens with zero attached hydrogens (tertiary/aromatic N) is 1. The highest BCUT2D eigenvalue weighted by Crippen LogP contribution is 2.40. The summed E-state index contributed by atoms with van der Waals surface area (Å²) in [6.45, 7) is -0.411. The first-order valence-electron chi connectivity index (χ1n) is 7.07. The molecule has 0 unspecified atom stereocenters. The fourth-order valence-corrected chi connectivity index (χ4v) is 2.38. The third kappa shape index (κ3) is 2.86. The first kappa shape index (κ1) is 14.3. The second-order valence-electron chi connectivity index (χ2n) is 5.33. The highest BCUT2D eigenvalue weighted by atomic mass is 16.5. The number of pyridine rings is 1. The molecule has 1 amide bonds. The first-order valence-corrected chi connectivity index (χ1v) is 7.07. The van der Waals surface area contributed by atoms with Gasteiger partial charge in [0.05, 0.1) is 18.2 Å². The number of carboxylic acid groups (broad SMARTS) is 1. The number of aromatic nitrogens is 1. The molecule has 2 aromatic rings. The average Bonchev–Trinajstić information content (AvgIpc) is 3.35. The van der Waals surface area contributed by atoms with Gasteiger partial charge in [0.15, 0.2) is 0 Å². The van der Waals surface area contributed by atoms with Gasteiger partial charge in [-0.2, -0.15) is 0 Å². The van der Waals surface area contributed by atoms with Gasteiger partial charge in [0, 0.05) is 17.0 Å². The number of ether oxygens (including phenoxy) is 1. The van der Waals surface area contributed by atoms with Crippen molar-refractivity contribution in [1.29, 1.82) is 0 Å². The molecular weight excluding hydrogens is 284 g/mol. The van der Waals surface area contributed by atoms with Gasteiger partial charge in [-0.3, -0.25) is 14.6 Å². The Morgan fingerprint density at radius 2 is 2.14 bits per heavy atom. The van der Waals surface area contributed by atoms with Crippen LogP contribution in [0.15, 0.2) is 24.3 Å². The minimum atomic E-state index is -1.08. The van der Waals surface area contributed by atoms with Crippen LogP contribution in [0.3, 0.4) is 0 Å². The zero-order chi connectivity index (χ0) is 15.7. The number of methoxy groups -OCH3 is 1. The summed E-state index contributed by atoms with van der Waals surface area (Å²) in [5.41, 5.74) is 2.04. The molecule has 3 rings (SSSR count). The highest BCUT2D eigenvalue weighted by molar-refractivity contribution is 6.07. The standard InChI is InChI=1S/C16H16N2O4/c1-22-10-4-5-13-11(6-10)12(16(21)17-8-15(19)20)7-14(18-13)9-2-3-9/h4-7,9H,2-3,8H2,1H3,(H,17,21)(H,19,20). The molecule has 1 aliphatic rings. The molecule has 1 aromatic carbocycles. The van der Waals surface area contributed by atoms with Gasteiger partial charge >= 0.3 is 5.97 Å². The number of benzene rings is 1. The summed E-state index contributed by atoms with van der Waals surface area (Å²) in [5, 5.41) is 11.8. The number of amides is 1. The third-order valence-electron chi connectivity index (χ3n) is 3.68. The number of rotatable bonds is 5. The molecule has 0 bridgehead atoms. The third-order valence-corrected chi connectivity index (χ3v) is 3.68. The topological polar surface area (TPSA) is 88.5 Å². The van der Waals surface area contributed by atoms with Gasteiger partial charge in [0.25, 0.3) is 5.91 Å². The maximum Gasteiger partial charge on any atom is 0.322 e. The minimum Gasteiger partial charge on any atom is -0.497 e. The lowest BCUT2D eigenvalue weighted by Gasteiger charge is -2.10. The molecule has 1 fully saturated rings. The van der Waals surface area contributed by atoms with Crippen molar-refractivity contribution in [2.24, 2.45) is 0 Å². The Hall–Kier alpha value is -2.63. The fraction of sp³-hybridized carbons (Fsp3) is 0.312. The van der Waals surface area contributed by atoms with Crippen molar-refractivity contribution in [2.45, 2.75) is 18.8 Å². The van der Waals surface area contributed by atoms with Crippen LogP contribution in [-0.4, -0.2) is 35.6 Å². The number of fused-ring (bicyclic) bond motifs is 1. The summed E-state index contributed by atoms with van der Waals surface area (Å²) in [7, 11) is 1.55. The van der Waals surface area contributed by atoms with Crippen LogP contribution in [0.4, 0.5) is 0 Å². The minimum absolute atomic E-state index is 0.400. The van der Waals surface area contributed by atoms with Crippen molar-refractivity contribution in [1.82, 2.24) is 10.3 Å². The van der Waals surface area contributed by atoms with Crippen LogP contribution in [0, 0.1) is 0 Å². The largest absolute Gasteiger partial charge is 0.497 e. The SMILES string of the molecule is COc1ccc2nc(C3CC3)cc(C(=O)NCC(=O)O)c2c1. The molecule has 0 saturated heterocycles. The lowest BCUT2D eigenvalue weighted by Crippen LogP contribution is -2.29. The second-order valence-corrected chi connectivity index (χ2v) is 5.33. The van der Waals surface area contributed by atoms with E-state index in [1.54, 1.807) is 25.3 Å². The van der Waals surface area contributed by atoms with Crippen LogP contribution in [0.2, 0.25) is 0 Å². The molecule has 6 nitrogen and oxygen atoms in total. The van der Waals surface area contributed by atoms with E-state index in [1.165, 1.54) is 0 Å². The van der Waals surface area contributed by atoms with Gasteiger partial charge in [-0.25, -0.2) is 0 Å². The zero-order valence-electron chi connectivity index (χ0n) is 12.1. The smallest absolute Gasteiger partial charge is 0.322 e. The predicted octanol–water partition coefficient (Wildman–Crippen LogP) is 1.94. The molecule has 6 heteroatoms. The Bertz CT molecular complexity index is 753. The molecule has 22 heavy (non-hydrogen) atoms. The van der Waals surface area contributed by atoms with E-state index in [9.17, 15) is 9.59 Å². The van der Waals surface area contributed by atoms with Crippen LogP contribution in [0.1, 0.15) is 34.8 Å². The van der Waals surface area contributed by atoms with Crippen LogP contribution in [-0.2, 0) is 4.79 Å². The van der Waals surface area contributed by atoms with E-state index in [0.29, 0.717) is 28.1 Å². The molecule has 0 aliphatic heterocycles. The maximum atomic E-state index is 12.3. The molecule has 1 heterocycles. The molecule has 0 atom stereocenters. The number of nitrogens with one attached hydrogen (secondary N) is 1. The van der Waals surface area contributed by atoms with Crippen molar-refractivity contribution >= 4 is 22.8 Å². The van der Waals surface area contributed by atoms with Gasteiger partial charge < -0.3 is 15.2 Å². The average molecular weight is 300 g/mol. The van der Waals surface area contributed by atoms with E-state index in [-0.39, 0.29) is 0 Å². The fourth-order valence-electron chi connectivity index (χ4n) is 2.38. The predicted molar refractivity (Wildman–Crippen MR) is 80.2 cm³/mol. The number of hydrogen-bond donors (Lipinski definition) is 2. The van der Waals surface area contributed by atoms with Gasteiger partial charge in [-0.1, -0.05) is 0 Å². The van der Waals surface area contributed by atoms with E-state index < -0.39 is 18.4 Å². The van der Waals surface area contributed by atoms with Crippen LogP contribution in [0.25, 0.3) is 10.9 Å². The summed E-state index contributed by atoms with van der Waals surface area (Å²) in [6.07, 6.45) is 2.15. The molecule has 1 saturated carbocycles. The lowest BCUT2D eigenvalue weighted by molar-refractivity contribution is -0.135. The van der Waals surface area contributed by atoms with E-state index in [4.69, 9.17) is 9.84 Å². The van der Waals surface area contributed by atoms with Crippen LogP contribution >= 0.6 is 0 Å². The Labute approximate surface area is 127 Å². The number of carbonyl (C=O) groups is 2. The van der Waals surface area contributed by atoms with Gasteiger partial charge in [0.1, 0.15) is 12.3 Å². The van der Waals surface area contributed by atoms with Gasteiger partial charge in [-0.15, -0.1) is 0 Å². The van der Waals surface area contributed by atoms with Crippen molar-refractivity contribution in [3.05, 3.63) is 35.5 Å². The molecule has 1 aromatic heterocycles. The van der Waals surface area contributed by atoms with Crippen LogP contribution in [0.5, 0.6) is 5.75 Å². The van der Waals surface area contributed by atoms with Crippen molar-refractivity contribution < 1.29 is 19.4 Å². The van der Waals surface area contributed by atoms with Gasteiger partial charge in [-0.05, 0) is 37.1 Å². The molecule has 0 spiro atoms. The summed E-state index contributed by atoms with van der Waals surface area (Å²) in [6, 6.07) is 7.12. The number of carboxylic acids is 1. The Morgan fingerprint density at radius 3 is 2.77 bits per heavy atom. The monoisotopic (exact) mass is 300 g/mol. The molecule has 2 N–H and O–H groups in total. The van der Waals surface area contributed by atoms with Crippen molar-refractivity contribution in [3.63, 3.8) is 0 Å². The molecule has 114 valence electrons. The quantitative estimate of drug-likeness (QED) is 0.881. The molecule has 0 radical (unpaired) electrons. The highest BCUT2D eigenvalue weighted by Gasteiger charge is 2.27. The Kier molecular flexibility index (Phi) is 3.66. The van der Waals surface area contributed by atoms with Crippen molar-refractivity contribution in [2.75, 3.05) is 13.7 Å². The first-order chi connectivity index (χ1) is 10.6. The summed E-state index contributed by atoms with van der Waals surface area (Å²) in [4.78, 5) is 27.6.